The fraction of sp³-hybridized carbons (Fsp3) is 0.429. The predicted octanol–water partition coefficient (Wildman–Crippen LogP) is -0.595. The van der Waals surface area contributed by atoms with Gasteiger partial charge in [0.2, 0.25) is 5.91 Å². The van der Waals surface area contributed by atoms with Crippen molar-refractivity contribution in [2.75, 3.05) is 25.0 Å². The number of hydrogen-bond acceptors (Lipinski definition) is 2. The molecule has 0 radical (unpaired) electrons. The third-order valence-corrected chi connectivity index (χ3v) is 3.49. The van der Waals surface area contributed by atoms with E-state index in [2.05, 4.69) is 5.32 Å². The molecule has 102 valence electrons. The minimum absolute atomic E-state index is 0.0219. The summed E-state index contributed by atoms with van der Waals surface area (Å²) in [6.45, 7) is 1.97. The number of hydrogen-bond donors (Lipinski definition) is 3. The highest BCUT2D eigenvalue weighted by atomic mass is 16.2. The molecule has 2 atom stereocenters. The topological polar surface area (TPSA) is 76.6 Å². The summed E-state index contributed by atoms with van der Waals surface area (Å²) in [6, 6.07) is 9.38. The molecule has 5 heteroatoms. The molecular formula is C14H20N3O2+. The van der Waals surface area contributed by atoms with E-state index in [0.29, 0.717) is 13.1 Å². The second-order valence-electron chi connectivity index (χ2n) is 5.04. The maximum absolute atomic E-state index is 11.9. The minimum Gasteiger partial charge on any atom is -0.369 e. The van der Waals surface area contributed by atoms with Crippen LogP contribution >= 0.6 is 0 Å². The number of nitrogens with two attached hydrogens (primary N) is 1. The SMILES string of the molecule is NC(=O)[C@H]1CCC[NH+](CC(=O)Nc2ccccc2)C1. The molecule has 1 fully saturated rings. The number of nitrogens with one attached hydrogen (secondary N) is 2. The van der Waals surface area contributed by atoms with Gasteiger partial charge in [-0.1, -0.05) is 18.2 Å². The number of primary amides is 1. The molecular weight excluding hydrogens is 242 g/mol. The van der Waals surface area contributed by atoms with E-state index < -0.39 is 0 Å². The van der Waals surface area contributed by atoms with Gasteiger partial charge in [0.15, 0.2) is 6.54 Å². The van der Waals surface area contributed by atoms with Gasteiger partial charge in [0.25, 0.3) is 5.91 Å². The van der Waals surface area contributed by atoms with Crippen LogP contribution in [0.3, 0.4) is 0 Å². The summed E-state index contributed by atoms with van der Waals surface area (Å²) in [6.07, 6.45) is 1.79. The van der Waals surface area contributed by atoms with Gasteiger partial charge in [-0.05, 0) is 25.0 Å². The molecule has 1 aromatic carbocycles. The van der Waals surface area contributed by atoms with E-state index >= 15 is 0 Å². The average Bonchev–Trinajstić information content (AvgIpc) is 2.40. The van der Waals surface area contributed by atoms with Crippen molar-refractivity contribution in [2.45, 2.75) is 12.8 Å². The van der Waals surface area contributed by atoms with E-state index in [1.54, 1.807) is 0 Å². The summed E-state index contributed by atoms with van der Waals surface area (Å²) in [5.41, 5.74) is 6.13. The monoisotopic (exact) mass is 262 g/mol. The Morgan fingerprint density at radius 2 is 2.05 bits per heavy atom. The molecule has 0 aliphatic carbocycles. The Labute approximate surface area is 112 Å². The van der Waals surface area contributed by atoms with Crippen LogP contribution in [0.4, 0.5) is 5.69 Å². The maximum Gasteiger partial charge on any atom is 0.279 e. The molecule has 1 aromatic rings. The average molecular weight is 262 g/mol. The molecule has 4 N–H and O–H groups in total. The molecule has 1 aliphatic rings. The second kappa shape index (κ2) is 6.33. The number of likely N-dealkylation sites (tertiary alicyclic amines) is 1. The smallest absolute Gasteiger partial charge is 0.279 e. The van der Waals surface area contributed by atoms with Crippen molar-refractivity contribution in [3.63, 3.8) is 0 Å². The van der Waals surface area contributed by atoms with Crippen molar-refractivity contribution < 1.29 is 14.5 Å². The lowest BCUT2D eigenvalue weighted by Crippen LogP contribution is -3.14. The standard InChI is InChI=1S/C14H19N3O2/c15-14(19)11-5-4-8-17(9-11)10-13(18)16-12-6-2-1-3-7-12/h1-3,6-7,11H,4-5,8-10H2,(H2,15,19)(H,16,18)/p+1/t11-/m0/s1. The summed E-state index contributed by atoms with van der Waals surface area (Å²) < 4.78 is 0. The van der Waals surface area contributed by atoms with Crippen LogP contribution in [0.1, 0.15) is 12.8 Å². The van der Waals surface area contributed by atoms with Gasteiger partial charge in [0, 0.05) is 5.69 Å². The zero-order chi connectivity index (χ0) is 13.7. The lowest BCUT2D eigenvalue weighted by molar-refractivity contribution is -0.899. The summed E-state index contributed by atoms with van der Waals surface area (Å²) in [5.74, 6) is -0.361. The molecule has 1 unspecified atom stereocenters. The first kappa shape index (κ1) is 13.5. The largest absolute Gasteiger partial charge is 0.369 e. The predicted molar refractivity (Wildman–Crippen MR) is 72.6 cm³/mol. The summed E-state index contributed by atoms with van der Waals surface area (Å²) in [7, 11) is 0. The highest BCUT2D eigenvalue weighted by Gasteiger charge is 2.28. The fourth-order valence-electron chi connectivity index (χ4n) is 2.51. The lowest BCUT2D eigenvalue weighted by Gasteiger charge is -2.27. The Morgan fingerprint density at radius 1 is 1.32 bits per heavy atom. The molecule has 2 rings (SSSR count). The molecule has 2 amide bonds. The Bertz CT molecular complexity index is 447. The Balaban J connectivity index is 1.83. The van der Waals surface area contributed by atoms with Gasteiger partial charge >= 0.3 is 0 Å². The normalized spacial score (nSPS) is 22.7. The van der Waals surface area contributed by atoms with Crippen LogP contribution in [0, 0.1) is 5.92 Å². The van der Waals surface area contributed by atoms with Crippen molar-refractivity contribution in [2.24, 2.45) is 11.7 Å². The van der Waals surface area contributed by atoms with Crippen LogP contribution in [-0.2, 0) is 9.59 Å². The van der Waals surface area contributed by atoms with Crippen molar-refractivity contribution in [3.8, 4) is 0 Å². The van der Waals surface area contributed by atoms with E-state index in [-0.39, 0.29) is 17.7 Å². The van der Waals surface area contributed by atoms with Crippen molar-refractivity contribution in [1.82, 2.24) is 0 Å². The van der Waals surface area contributed by atoms with Crippen molar-refractivity contribution in [1.29, 1.82) is 0 Å². The Morgan fingerprint density at radius 3 is 2.74 bits per heavy atom. The zero-order valence-electron chi connectivity index (χ0n) is 10.9. The third kappa shape index (κ3) is 4.06. The molecule has 1 saturated heterocycles. The highest BCUT2D eigenvalue weighted by Crippen LogP contribution is 2.06. The number of anilines is 1. The van der Waals surface area contributed by atoms with Gasteiger partial charge < -0.3 is 16.0 Å². The van der Waals surface area contributed by atoms with Crippen molar-refractivity contribution in [3.05, 3.63) is 30.3 Å². The number of quaternary nitrogens is 1. The molecule has 0 saturated carbocycles. The fourth-order valence-corrected chi connectivity index (χ4v) is 2.51. The van der Waals surface area contributed by atoms with Crippen LogP contribution in [0.2, 0.25) is 0 Å². The number of benzene rings is 1. The molecule has 19 heavy (non-hydrogen) atoms. The number of para-hydroxylation sites is 1. The second-order valence-corrected chi connectivity index (χ2v) is 5.04. The molecule has 5 nitrogen and oxygen atoms in total. The molecule has 0 bridgehead atoms. The highest BCUT2D eigenvalue weighted by molar-refractivity contribution is 5.91. The first-order valence-corrected chi connectivity index (χ1v) is 6.63. The summed E-state index contributed by atoms with van der Waals surface area (Å²) >= 11 is 0. The van der Waals surface area contributed by atoms with Crippen molar-refractivity contribution >= 4 is 17.5 Å². The van der Waals surface area contributed by atoms with Gasteiger partial charge in [-0.25, -0.2) is 0 Å². The van der Waals surface area contributed by atoms with Crippen LogP contribution in [-0.4, -0.2) is 31.4 Å². The number of amides is 2. The van der Waals surface area contributed by atoms with Gasteiger partial charge in [-0.2, -0.15) is 0 Å². The molecule has 1 heterocycles. The third-order valence-electron chi connectivity index (χ3n) is 3.49. The molecule has 0 spiro atoms. The summed E-state index contributed by atoms with van der Waals surface area (Å²) in [4.78, 5) is 24.2. The number of piperidine rings is 1. The first-order chi connectivity index (χ1) is 9.15. The number of rotatable bonds is 4. The maximum atomic E-state index is 11.9. The van der Waals surface area contributed by atoms with Crippen LogP contribution < -0.4 is 16.0 Å². The Hall–Kier alpha value is -1.88. The zero-order valence-corrected chi connectivity index (χ0v) is 10.9. The minimum atomic E-state index is -0.249. The quantitative estimate of drug-likeness (QED) is 0.678. The van der Waals surface area contributed by atoms with E-state index in [1.807, 2.05) is 30.3 Å². The van der Waals surface area contributed by atoms with Crippen LogP contribution in [0.15, 0.2) is 30.3 Å². The van der Waals surface area contributed by atoms with Gasteiger partial charge in [0.05, 0.1) is 19.0 Å². The number of carbonyl (C=O) groups is 2. The van der Waals surface area contributed by atoms with Gasteiger partial charge in [-0.15, -0.1) is 0 Å². The first-order valence-electron chi connectivity index (χ1n) is 6.63. The van der Waals surface area contributed by atoms with E-state index in [1.165, 1.54) is 0 Å². The van der Waals surface area contributed by atoms with Crippen LogP contribution in [0.5, 0.6) is 0 Å². The summed E-state index contributed by atoms with van der Waals surface area (Å²) in [5, 5.41) is 2.86. The molecule has 1 aliphatic heterocycles. The van der Waals surface area contributed by atoms with E-state index in [4.69, 9.17) is 5.73 Å². The molecule has 0 aromatic heterocycles. The number of carbonyl (C=O) groups excluding carboxylic acids is 2. The van der Waals surface area contributed by atoms with Gasteiger partial charge in [-0.3, -0.25) is 9.59 Å². The Kier molecular flexibility index (Phi) is 4.52. The van der Waals surface area contributed by atoms with Crippen LogP contribution in [0.25, 0.3) is 0 Å². The lowest BCUT2D eigenvalue weighted by atomic mass is 9.97. The van der Waals surface area contributed by atoms with Gasteiger partial charge in [0.1, 0.15) is 0 Å². The van der Waals surface area contributed by atoms with E-state index in [9.17, 15) is 9.59 Å². The van der Waals surface area contributed by atoms with E-state index in [0.717, 1.165) is 30.0 Å².